The van der Waals surface area contributed by atoms with E-state index in [0.29, 0.717) is 0 Å². The zero-order valence-corrected chi connectivity index (χ0v) is 13.4. The minimum atomic E-state index is -0.977. The predicted octanol–water partition coefficient (Wildman–Crippen LogP) is 2.63. The molecule has 20 heavy (non-hydrogen) atoms. The molecular formula is C15H25NO4. The minimum Gasteiger partial charge on any atom is -0.447 e. The Kier molecular flexibility index (Phi) is 4.32. The summed E-state index contributed by atoms with van der Waals surface area (Å²) < 4.78 is 5.01. The van der Waals surface area contributed by atoms with E-state index in [0.717, 1.165) is 0 Å². The van der Waals surface area contributed by atoms with Crippen LogP contribution in [0.15, 0.2) is 0 Å². The molecule has 5 heteroatoms. The Bertz CT molecular complexity index is 437. The van der Waals surface area contributed by atoms with Crippen molar-refractivity contribution in [1.29, 1.82) is 0 Å². The van der Waals surface area contributed by atoms with E-state index in [1.165, 1.54) is 11.8 Å². The van der Waals surface area contributed by atoms with Crippen molar-refractivity contribution in [2.24, 2.45) is 16.7 Å². The number of imide groups is 1. The van der Waals surface area contributed by atoms with Gasteiger partial charge in [0, 0.05) is 5.41 Å². The number of hydrogen-bond acceptors (Lipinski definition) is 4. The molecule has 1 atom stereocenters. The molecule has 0 N–H and O–H groups in total. The maximum absolute atomic E-state index is 12.8. The number of hydrogen-bond donors (Lipinski definition) is 0. The molecule has 1 aliphatic rings. The first kappa shape index (κ1) is 16.7. The van der Waals surface area contributed by atoms with Crippen LogP contribution in [0.2, 0.25) is 0 Å². The Balaban J connectivity index is 3.15. The fourth-order valence-corrected chi connectivity index (χ4v) is 2.17. The van der Waals surface area contributed by atoms with Crippen LogP contribution in [0.5, 0.6) is 0 Å². The Labute approximate surface area is 120 Å². The third kappa shape index (κ3) is 2.45. The van der Waals surface area contributed by atoms with Crippen LogP contribution in [0.4, 0.5) is 4.79 Å². The molecule has 114 valence electrons. The quantitative estimate of drug-likeness (QED) is 0.795. The largest absolute Gasteiger partial charge is 0.447 e. The van der Waals surface area contributed by atoms with Crippen LogP contribution >= 0.6 is 0 Å². The highest BCUT2D eigenvalue weighted by Gasteiger charge is 2.52. The van der Waals surface area contributed by atoms with Gasteiger partial charge in [-0.3, -0.25) is 9.59 Å². The average molecular weight is 283 g/mol. The fourth-order valence-electron chi connectivity index (χ4n) is 2.17. The zero-order valence-electron chi connectivity index (χ0n) is 13.4. The van der Waals surface area contributed by atoms with Gasteiger partial charge in [-0.15, -0.1) is 0 Å². The van der Waals surface area contributed by atoms with E-state index in [2.05, 4.69) is 0 Å². The number of carbonyl (C=O) groups is 3. The molecule has 2 amide bonds. The van der Waals surface area contributed by atoms with Gasteiger partial charge in [-0.1, -0.05) is 41.5 Å². The summed E-state index contributed by atoms with van der Waals surface area (Å²) in [7, 11) is 0. The summed E-state index contributed by atoms with van der Waals surface area (Å²) in [4.78, 5) is 37.7. The monoisotopic (exact) mass is 283 g/mol. The van der Waals surface area contributed by atoms with Gasteiger partial charge in [-0.2, -0.15) is 0 Å². The van der Waals surface area contributed by atoms with Crippen LogP contribution in [-0.2, 0) is 14.3 Å². The normalized spacial score (nSPS) is 20.3. The van der Waals surface area contributed by atoms with E-state index < -0.39 is 16.9 Å². The third-order valence-corrected chi connectivity index (χ3v) is 4.87. The van der Waals surface area contributed by atoms with Crippen molar-refractivity contribution in [3.8, 4) is 0 Å². The number of cyclic esters (lactones) is 1. The van der Waals surface area contributed by atoms with E-state index in [-0.39, 0.29) is 30.3 Å². The van der Waals surface area contributed by atoms with Crippen LogP contribution in [0.1, 0.15) is 48.5 Å². The SMILES string of the molecule is CC(=O)C(C)(C)C(C)(C)C(=O)N1C(=O)OCC1C(C)C. The second-order valence-corrected chi connectivity index (χ2v) is 6.87. The molecular weight excluding hydrogens is 258 g/mol. The first-order valence-electron chi connectivity index (χ1n) is 6.96. The molecule has 0 aliphatic carbocycles. The molecule has 1 unspecified atom stereocenters. The van der Waals surface area contributed by atoms with Crippen molar-refractivity contribution < 1.29 is 19.1 Å². The van der Waals surface area contributed by atoms with Crippen molar-refractivity contribution in [1.82, 2.24) is 4.90 Å². The van der Waals surface area contributed by atoms with Gasteiger partial charge in [0.15, 0.2) is 0 Å². The Morgan fingerprint density at radius 1 is 1.20 bits per heavy atom. The van der Waals surface area contributed by atoms with Gasteiger partial charge in [0.2, 0.25) is 5.91 Å². The van der Waals surface area contributed by atoms with Crippen LogP contribution in [0.25, 0.3) is 0 Å². The van der Waals surface area contributed by atoms with E-state index >= 15 is 0 Å². The fraction of sp³-hybridized carbons (Fsp3) is 0.800. The van der Waals surface area contributed by atoms with Crippen molar-refractivity contribution in [3.63, 3.8) is 0 Å². The highest BCUT2D eigenvalue weighted by Crippen LogP contribution is 2.42. The van der Waals surface area contributed by atoms with Crippen molar-refractivity contribution in [2.45, 2.75) is 54.5 Å². The number of rotatable bonds is 4. The van der Waals surface area contributed by atoms with Gasteiger partial charge < -0.3 is 4.74 Å². The maximum atomic E-state index is 12.8. The third-order valence-electron chi connectivity index (χ3n) is 4.87. The van der Waals surface area contributed by atoms with Crippen LogP contribution in [0.3, 0.4) is 0 Å². The number of Topliss-reactive ketones (excluding diaryl/α,β-unsaturated/α-hetero) is 1. The number of ketones is 1. The molecule has 0 aromatic rings. The second-order valence-electron chi connectivity index (χ2n) is 6.87. The molecule has 0 aromatic carbocycles. The Morgan fingerprint density at radius 2 is 1.70 bits per heavy atom. The van der Waals surface area contributed by atoms with Crippen LogP contribution in [-0.4, -0.2) is 35.3 Å². The lowest BCUT2D eigenvalue weighted by atomic mass is 9.65. The van der Waals surface area contributed by atoms with E-state index in [9.17, 15) is 14.4 Å². The topological polar surface area (TPSA) is 63.7 Å². The van der Waals surface area contributed by atoms with Gasteiger partial charge in [-0.25, -0.2) is 9.69 Å². The maximum Gasteiger partial charge on any atom is 0.417 e. The van der Waals surface area contributed by atoms with Crippen molar-refractivity contribution in [3.05, 3.63) is 0 Å². The molecule has 0 saturated carbocycles. The summed E-state index contributed by atoms with van der Waals surface area (Å²) in [6.07, 6.45) is -0.610. The highest BCUT2D eigenvalue weighted by molar-refractivity contribution is 6.00. The smallest absolute Gasteiger partial charge is 0.417 e. The lowest BCUT2D eigenvalue weighted by Crippen LogP contribution is -2.54. The molecule has 0 radical (unpaired) electrons. The summed E-state index contributed by atoms with van der Waals surface area (Å²) in [5.74, 6) is -0.315. The molecule has 0 bridgehead atoms. The number of nitrogens with zero attached hydrogens (tertiary/aromatic N) is 1. The van der Waals surface area contributed by atoms with Gasteiger partial charge in [-0.05, 0) is 12.8 Å². The van der Waals surface area contributed by atoms with Gasteiger partial charge >= 0.3 is 6.09 Å². The summed E-state index contributed by atoms with van der Waals surface area (Å²) >= 11 is 0. The summed E-state index contributed by atoms with van der Waals surface area (Å²) in [5, 5.41) is 0. The number of ether oxygens (including phenoxy) is 1. The highest BCUT2D eigenvalue weighted by atomic mass is 16.6. The Hall–Kier alpha value is -1.39. The first-order chi connectivity index (χ1) is 8.94. The molecule has 1 saturated heterocycles. The second kappa shape index (κ2) is 5.19. The summed E-state index contributed by atoms with van der Waals surface area (Å²) in [6.45, 7) is 12.5. The Morgan fingerprint density at radius 3 is 2.10 bits per heavy atom. The van der Waals surface area contributed by atoms with Gasteiger partial charge in [0.25, 0.3) is 0 Å². The van der Waals surface area contributed by atoms with E-state index in [1.807, 2.05) is 13.8 Å². The van der Waals surface area contributed by atoms with Crippen LogP contribution < -0.4 is 0 Å². The number of amides is 2. The van der Waals surface area contributed by atoms with Crippen molar-refractivity contribution >= 4 is 17.8 Å². The van der Waals surface area contributed by atoms with Crippen LogP contribution in [0, 0.1) is 16.7 Å². The van der Waals surface area contributed by atoms with Gasteiger partial charge in [0.05, 0.1) is 11.5 Å². The molecule has 1 rings (SSSR count). The summed E-state index contributed by atoms with van der Waals surface area (Å²) in [5.41, 5.74) is -1.83. The molecule has 1 aliphatic heterocycles. The van der Waals surface area contributed by atoms with E-state index in [4.69, 9.17) is 4.74 Å². The van der Waals surface area contributed by atoms with Crippen molar-refractivity contribution in [2.75, 3.05) is 6.61 Å². The predicted molar refractivity (Wildman–Crippen MR) is 75.1 cm³/mol. The molecule has 1 heterocycles. The number of carbonyl (C=O) groups excluding carboxylic acids is 3. The standard InChI is InChI=1S/C15H25NO4/c1-9(2)11-8-20-13(19)16(11)12(18)15(6,7)14(4,5)10(3)17/h9,11H,8H2,1-7H3. The first-order valence-corrected chi connectivity index (χ1v) is 6.96. The minimum absolute atomic E-state index is 0.0792. The molecule has 5 nitrogen and oxygen atoms in total. The van der Waals surface area contributed by atoms with E-state index in [1.54, 1.807) is 27.7 Å². The summed E-state index contributed by atoms with van der Waals surface area (Å²) in [6, 6.07) is -0.267. The molecule has 0 spiro atoms. The lowest BCUT2D eigenvalue weighted by molar-refractivity contribution is -0.151. The molecule has 1 fully saturated rings. The molecule has 0 aromatic heterocycles. The average Bonchev–Trinajstić information content (AvgIpc) is 2.69. The lowest BCUT2D eigenvalue weighted by Gasteiger charge is -2.41. The van der Waals surface area contributed by atoms with Gasteiger partial charge in [0.1, 0.15) is 12.4 Å². The zero-order chi connectivity index (χ0) is 15.9.